The van der Waals surface area contributed by atoms with Crippen LogP contribution in [0.4, 0.5) is 0 Å². The second-order valence-corrected chi connectivity index (χ2v) is 3.77. The fourth-order valence-electron chi connectivity index (χ4n) is 1.78. The van der Waals surface area contributed by atoms with Gasteiger partial charge in [-0.15, -0.1) is 0 Å². The average molecular weight is 226 g/mol. The number of nitrogens with zero attached hydrogens (tertiary/aromatic N) is 4. The van der Waals surface area contributed by atoms with Crippen molar-refractivity contribution in [3.8, 4) is 5.82 Å². The first-order valence-electron chi connectivity index (χ1n) is 5.21. The molecule has 0 saturated heterocycles. The molecule has 84 valence electrons. The molecule has 3 aromatic heterocycles. The van der Waals surface area contributed by atoms with E-state index in [-0.39, 0.29) is 5.56 Å². The lowest BCUT2D eigenvalue weighted by Crippen LogP contribution is -2.15. The quantitative estimate of drug-likeness (QED) is 0.624. The van der Waals surface area contributed by atoms with Gasteiger partial charge in [0.05, 0.1) is 11.0 Å². The van der Waals surface area contributed by atoms with Crippen LogP contribution in [0.1, 0.15) is 0 Å². The normalized spacial score (nSPS) is 10.9. The fraction of sp³-hybridized carbons (Fsp3) is 0.0833. The van der Waals surface area contributed by atoms with Crippen molar-refractivity contribution < 1.29 is 0 Å². The number of hydrogen-bond acceptors (Lipinski definition) is 3. The van der Waals surface area contributed by atoms with Gasteiger partial charge in [0.2, 0.25) is 0 Å². The van der Waals surface area contributed by atoms with Crippen LogP contribution in [0.15, 0.2) is 47.8 Å². The van der Waals surface area contributed by atoms with E-state index in [1.165, 1.54) is 6.07 Å². The van der Waals surface area contributed by atoms with Gasteiger partial charge in [-0.2, -0.15) is 0 Å². The van der Waals surface area contributed by atoms with E-state index in [9.17, 15) is 4.79 Å². The number of aryl methyl sites for hydroxylation is 1. The first-order valence-corrected chi connectivity index (χ1v) is 5.21. The summed E-state index contributed by atoms with van der Waals surface area (Å²) >= 11 is 0. The van der Waals surface area contributed by atoms with Gasteiger partial charge in [-0.25, -0.2) is 9.97 Å². The topological polar surface area (TPSA) is 52.7 Å². The minimum Gasteiger partial charge on any atom is -0.310 e. The third-order valence-corrected chi connectivity index (χ3v) is 2.73. The molecule has 0 aliphatic carbocycles. The van der Waals surface area contributed by atoms with Crippen molar-refractivity contribution in [1.82, 2.24) is 19.1 Å². The Morgan fingerprint density at radius 3 is 2.82 bits per heavy atom. The van der Waals surface area contributed by atoms with E-state index in [0.717, 1.165) is 16.9 Å². The lowest BCUT2D eigenvalue weighted by molar-refractivity contribution is 0.899. The highest BCUT2D eigenvalue weighted by atomic mass is 16.1. The molecule has 0 aromatic carbocycles. The first-order chi connectivity index (χ1) is 8.25. The summed E-state index contributed by atoms with van der Waals surface area (Å²) in [7, 11) is 1.74. The summed E-state index contributed by atoms with van der Waals surface area (Å²) in [5, 5.41) is 0. The van der Waals surface area contributed by atoms with Gasteiger partial charge in [-0.05, 0) is 18.2 Å². The first kappa shape index (κ1) is 9.77. The predicted octanol–water partition coefficient (Wildman–Crippen LogP) is 1.12. The Bertz CT molecular complexity index is 728. The highest BCUT2D eigenvalue weighted by Crippen LogP contribution is 2.12. The molecular formula is C12H10N4O. The lowest BCUT2D eigenvalue weighted by Gasteiger charge is -2.06. The standard InChI is InChI=1S/C12H10N4O/c1-15-10-3-4-11(16-7-6-13-8-16)14-9(10)2-5-12(15)17/h2-8H,1H3. The molecule has 0 bridgehead atoms. The van der Waals surface area contributed by atoms with Crippen molar-refractivity contribution in [2.75, 3.05) is 0 Å². The summed E-state index contributed by atoms with van der Waals surface area (Å²) < 4.78 is 3.41. The van der Waals surface area contributed by atoms with Crippen LogP contribution in [0.5, 0.6) is 0 Å². The predicted molar refractivity (Wildman–Crippen MR) is 64.1 cm³/mol. The van der Waals surface area contributed by atoms with Gasteiger partial charge in [0, 0.05) is 25.5 Å². The maximum atomic E-state index is 11.5. The molecule has 0 unspecified atom stereocenters. The summed E-state index contributed by atoms with van der Waals surface area (Å²) in [6.07, 6.45) is 5.22. The van der Waals surface area contributed by atoms with Crippen molar-refractivity contribution in [2.45, 2.75) is 0 Å². The van der Waals surface area contributed by atoms with Crippen molar-refractivity contribution in [3.05, 3.63) is 53.3 Å². The number of pyridine rings is 2. The van der Waals surface area contributed by atoms with Crippen LogP contribution in [-0.4, -0.2) is 19.1 Å². The van der Waals surface area contributed by atoms with Crippen LogP contribution in [-0.2, 0) is 7.05 Å². The zero-order valence-corrected chi connectivity index (χ0v) is 9.24. The Kier molecular flexibility index (Phi) is 2.04. The summed E-state index contributed by atoms with van der Waals surface area (Å²) in [6.45, 7) is 0. The Labute approximate surface area is 97.0 Å². The third-order valence-electron chi connectivity index (χ3n) is 2.73. The van der Waals surface area contributed by atoms with Gasteiger partial charge >= 0.3 is 0 Å². The summed E-state index contributed by atoms with van der Waals surface area (Å²) in [6, 6.07) is 7.01. The van der Waals surface area contributed by atoms with Gasteiger partial charge in [-0.3, -0.25) is 9.36 Å². The Hall–Kier alpha value is -2.43. The maximum Gasteiger partial charge on any atom is 0.250 e. The number of hydrogen-bond donors (Lipinski definition) is 0. The van der Waals surface area contributed by atoms with Crippen LogP contribution in [0.2, 0.25) is 0 Å². The Balaban J connectivity index is 2.28. The van der Waals surface area contributed by atoms with E-state index in [4.69, 9.17) is 0 Å². The molecule has 0 spiro atoms. The molecule has 0 fully saturated rings. The zero-order chi connectivity index (χ0) is 11.8. The summed E-state index contributed by atoms with van der Waals surface area (Å²) in [4.78, 5) is 19.9. The highest BCUT2D eigenvalue weighted by Gasteiger charge is 2.03. The molecule has 5 nitrogen and oxygen atoms in total. The number of rotatable bonds is 1. The number of fused-ring (bicyclic) bond motifs is 1. The largest absolute Gasteiger partial charge is 0.310 e. The van der Waals surface area contributed by atoms with Crippen LogP contribution < -0.4 is 5.56 Å². The number of aromatic nitrogens is 4. The smallest absolute Gasteiger partial charge is 0.250 e. The molecule has 0 amide bonds. The molecule has 5 heteroatoms. The fourth-order valence-corrected chi connectivity index (χ4v) is 1.78. The van der Waals surface area contributed by atoms with Gasteiger partial charge in [-0.1, -0.05) is 0 Å². The maximum absolute atomic E-state index is 11.5. The van der Waals surface area contributed by atoms with Crippen LogP contribution in [0.3, 0.4) is 0 Å². The molecule has 0 N–H and O–H groups in total. The zero-order valence-electron chi connectivity index (χ0n) is 9.24. The molecule has 0 radical (unpaired) electrons. The third kappa shape index (κ3) is 1.52. The van der Waals surface area contributed by atoms with E-state index in [2.05, 4.69) is 9.97 Å². The van der Waals surface area contributed by atoms with Crippen LogP contribution >= 0.6 is 0 Å². The molecule has 0 aliphatic heterocycles. The highest BCUT2D eigenvalue weighted by molar-refractivity contribution is 5.75. The van der Waals surface area contributed by atoms with Crippen molar-refractivity contribution >= 4 is 11.0 Å². The molecule has 17 heavy (non-hydrogen) atoms. The van der Waals surface area contributed by atoms with Crippen molar-refractivity contribution in [3.63, 3.8) is 0 Å². The molecule has 3 aromatic rings. The van der Waals surface area contributed by atoms with Crippen molar-refractivity contribution in [1.29, 1.82) is 0 Å². The number of imidazole rings is 1. The van der Waals surface area contributed by atoms with Crippen LogP contribution in [0.25, 0.3) is 16.9 Å². The lowest BCUT2D eigenvalue weighted by atomic mass is 10.3. The minimum atomic E-state index is -0.0327. The average Bonchev–Trinajstić information content (AvgIpc) is 2.87. The van der Waals surface area contributed by atoms with E-state index in [0.29, 0.717) is 0 Å². The van der Waals surface area contributed by atoms with Gasteiger partial charge in [0.25, 0.3) is 5.56 Å². The Morgan fingerprint density at radius 2 is 2.06 bits per heavy atom. The summed E-state index contributed by atoms with van der Waals surface area (Å²) in [5.41, 5.74) is 1.58. The molecule has 0 saturated carbocycles. The molecule has 0 aliphatic rings. The van der Waals surface area contributed by atoms with Crippen molar-refractivity contribution in [2.24, 2.45) is 7.05 Å². The van der Waals surface area contributed by atoms with Gasteiger partial charge in [0.15, 0.2) is 0 Å². The second-order valence-electron chi connectivity index (χ2n) is 3.77. The minimum absolute atomic E-state index is 0.0327. The molecule has 0 atom stereocenters. The second kappa shape index (κ2) is 3.55. The Morgan fingerprint density at radius 1 is 1.18 bits per heavy atom. The molecular weight excluding hydrogens is 216 g/mol. The van der Waals surface area contributed by atoms with Gasteiger partial charge in [0.1, 0.15) is 12.1 Å². The summed E-state index contributed by atoms with van der Waals surface area (Å²) in [5.74, 6) is 0.786. The monoisotopic (exact) mass is 226 g/mol. The van der Waals surface area contributed by atoms with E-state index in [1.807, 2.05) is 22.9 Å². The van der Waals surface area contributed by atoms with E-state index >= 15 is 0 Å². The van der Waals surface area contributed by atoms with Crippen LogP contribution in [0, 0.1) is 0 Å². The van der Waals surface area contributed by atoms with E-state index < -0.39 is 0 Å². The SMILES string of the molecule is Cn1c(=O)ccc2nc(-n3ccnc3)ccc21. The molecule has 3 rings (SSSR count). The molecule has 3 heterocycles. The van der Waals surface area contributed by atoms with E-state index in [1.54, 1.807) is 30.2 Å². The van der Waals surface area contributed by atoms with Gasteiger partial charge < -0.3 is 4.57 Å².